The van der Waals surface area contributed by atoms with E-state index in [9.17, 15) is 31.1 Å². The summed E-state index contributed by atoms with van der Waals surface area (Å²) in [5.41, 5.74) is -3.40. The summed E-state index contributed by atoms with van der Waals surface area (Å²) in [5.74, 6) is -0.786. The zero-order valence-corrected chi connectivity index (χ0v) is 15.3. The number of hydrogen-bond donors (Lipinski definition) is 0. The van der Waals surface area contributed by atoms with E-state index in [1.54, 1.807) is 0 Å². The van der Waals surface area contributed by atoms with Crippen molar-refractivity contribution in [3.8, 4) is 11.4 Å². The second kappa shape index (κ2) is 7.33. The first-order chi connectivity index (χ1) is 12.3. The smallest absolute Gasteiger partial charge is 0.344 e. The molecule has 1 aromatic heterocycles. The summed E-state index contributed by atoms with van der Waals surface area (Å²) in [6, 6.07) is 1.07. The molecule has 0 unspecified atom stereocenters. The SMILES string of the molecule is CN(C)C(=O)/C(Br)=C\n1cnc(-c2cc(C(F)(F)F)cc(C(F)(F)F)c2)n1. The first-order valence-electron chi connectivity index (χ1n) is 7.09. The average molecular weight is 457 g/mol. The van der Waals surface area contributed by atoms with Crippen molar-refractivity contribution in [2.75, 3.05) is 14.1 Å². The van der Waals surface area contributed by atoms with Gasteiger partial charge in [-0.1, -0.05) is 0 Å². The molecule has 0 atom stereocenters. The molecular formula is C15H11BrF6N4O. The Balaban J connectivity index is 2.49. The fourth-order valence-corrected chi connectivity index (χ4v) is 2.50. The highest BCUT2D eigenvalue weighted by Gasteiger charge is 2.37. The van der Waals surface area contributed by atoms with Gasteiger partial charge in [-0.2, -0.15) is 26.3 Å². The molecule has 1 aromatic carbocycles. The molecule has 12 heteroatoms. The van der Waals surface area contributed by atoms with Gasteiger partial charge in [0.2, 0.25) is 0 Å². The highest BCUT2D eigenvalue weighted by atomic mass is 79.9. The minimum absolute atomic E-state index is 0.0206. The van der Waals surface area contributed by atoms with E-state index in [1.807, 2.05) is 0 Å². The fraction of sp³-hybridized carbons (Fsp3) is 0.267. The summed E-state index contributed by atoms with van der Waals surface area (Å²) in [6.07, 6.45) is -7.72. The van der Waals surface area contributed by atoms with Crippen molar-refractivity contribution >= 4 is 28.0 Å². The minimum Gasteiger partial charge on any atom is -0.344 e. The Labute approximate surface area is 157 Å². The predicted molar refractivity (Wildman–Crippen MR) is 87.4 cm³/mol. The molecule has 146 valence electrons. The third-order valence-corrected chi connectivity index (χ3v) is 3.75. The number of benzene rings is 1. The number of rotatable bonds is 3. The van der Waals surface area contributed by atoms with E-state index >= 15 is 0 Å². The molecule has 0 spiro atoms. The molecule has 0 saturated carbocycles. The molecule has 2 rings (SSSR count). The van der Waals surface area contributed by atoms with Crippen LogP contribution in [0.5, 0.6) is 0 Å². The lowest BCUT2D eigenvalue weighted by Gasteiger charge is -2.13. The van der Waals surface area contributed by atoms with Crippen LogP contribution in [0.1, 0.15) is 11.1 Å². The Morgan fingerprint density at radius 3 is 2.04 bits per heavy atom. The minimum atomic E-state index is -4.97. The Bertz CT molecular complexity index is 853. The third kappa shape index (κ3) is 5.08. The Morgan fingerprint density at radius 2 is 1.59 bits per heavy atom. The second-order valence-electron chi connectivity index (χ2n) is 5.52. The molecule has 0 fully saturated rings. The number of hydrogen-bond acceptors (Lipinski definition) is 3. The van der Waals surface area contributed by atoms with E-state index in [1.165, 1.54) is 25.2 Å². The summed E-state index contributed by atoms with van der Waals surface area (Å²) in [7, 11) is 2.98. The van der Waals surface area contributed by atoms with Crippen LogP contribution in [0.4, 0.5) is 26.3 Å². The van der Waals surface area contributed by atoms with E-state index in [2.05, 4.69) is 26.0 Å². The largest absolute Gasteiger partial charge is 0.416 e. The number of carbonyl (C=O) groups excluding carboxylic acids is 1. The van der Waals surface area contributed by atoms with Crippen molar-refractivity contribution in [1.82, 2.24) is 19.7 Å². The van der Waals surface area contributed by atoms with Gasteiger partial charge in [0.15, 0.2) is 5.82 Å². The molecule has 1 heterocycles. The second-order valence-corrected chi connectivity index (χ2v) is 6.37. The van der Waals surface area contributed by atoms with Crippen molar-refractivity contribution in [2.24, 2.45) is 0 Å². The molecular weight excluding hydrogens is 446 g/mol. The lowest BCUT2D eigenvalue weighted by molar-refractivity contribution is -0.143. The third-order valence-electron chi connectivity index (χ3n) is 3.21. The maximum atomic E-state index is 12.9. The van der Waals surface area contributed by atoms with Gasteiger partial charge in [-0.25, -0.2) is 9.67 Å². The van der Waals surface area contributed by atoms with Crippen LogP contribution in [-0.2, 0) is 17.1 Å². The summed E-state index contributed by atoms with van der Waals surface area (Å²) in [4.78, 5) is 16.7. The molecule has 0 saturated heterocycles. The maximum absolute atomic E-state index is 12.9. The number of alkyl halides is 6. The topological polar surface area (TPSA) is 51.0 Å². The fourth-order valence-electron chi connectivity index (χ4n) is 1.94. The van der Waals surface area contributed by atoms with Gasteiger partial charge in [-0.3, -0.25) is 4.79 Å². The zero-order chi connectivity index (χ0) is 20.6. The number of amides is 1. The van der Waals surface area contributed by atoms with Crippen LogP contribution in [0, 0.1) is 0 Å². The van der Waals surface area contributed by atoms with Gasteiger partial charge < -0.3 is 4.90 Å². The molecule has 0 aliphatic carbocycles. The van der Waals surface area contributed by atoms with Crippen LogP contribution in [0.2, 0.25) is 0 Å². The van der Waals surface area contributed by atoms with Crippen molar-refractivity contribution < 1.29 is 31.1 Å². The highest BCUT2D eigenvalue weighted by Crippen LogP contribution is 2.38. The molecule has 0 N–H and O–H groups in total. The van der Waals surface area contributed by atoms with E-state index in [4.69, 9.17) is 0 Å². The zero-order valence-electron chi connectivity index (χ0n) is 13.7. The van der Waals surface area contributed by atoms with E-state index < -0.39 is 35.0 Å². The number of likely N-dealkylation sites (N-methyl/N-ethyl adjacent to an activating group) is 1. The quantitative estimate of drug-likeness (QED) is 0.512. The summed E-state index contributed by atoms with van der Waals surface area (Å²) in [6.45, 7) is 0. The van der Waals surface area contributed by atoms with Gasteiger partial charge in [-0.15, -0.1) is 5.10 Å². The van der Waals surface area contributed by atoms with Gasteiger partial charge in [0.25, 0.3) is 5.91 Å². The molecule has 1 amide bonds. The van der Waals surface area contributed by atoms with Crippen molar-refractivity contribution in [1.29, 1.82) is 0 Å². The molecule has 0 aliphatic heterocycles. The van der Waals surface area contributed by atoms with Crippen LogP contribution in [0.25, 0.3) is 17.6 Å². The standard InChI is InChI=1S/C15H11BrF6N4O/c1-25(2)13(27)11(16)6-26-7-23-12(24-26)8-3-9(14(17,18)19)5-10(4-8)15(20,21)22/h3-7H,1-2H3/b11-6+. The van der Waals surface area contributed by atoms with E-state index in [-0.39, 0.29) is 16.4 Å². The molecule has 0 aliphatic rings. The lowest BCUT2D eigenvalue weighted by Crippen LogP contribution is -2.21. The van der Waals surface area contributed by atoms with Crippen LogP contribution in [-0.4, -0.2) is 39.7 Å². The molecule has 5 nitrogen and oxygen atoms in total. The predicted octanol–water partition coefficient (Wildman–Crippen LogP) is 4.26. The van der Waals surface area contributed by atoms with Crippen LogP contribution < -0.4 is 0 Å². The number of aromatic nitrogens is 3. The van der Waals surface area contributed by atoms with E-state index in [0.29, 0.717) is 12.1 Å². The van der Waals surface area contributed by atoms with Gasteiger partial charge in [0.05, 0.1) is 17.3 Å². The monoisotopic (exact) mass is 456 g/mol. The number of nitrogens with zero attached hydrogens (tertiary/aromatic N) is 4. The number of halogens is 7. The maximum Gasteiger partial charge on any atom is 0.416 e. The normalized spacial score (nSPS) is 13.0. The van der Waals surface area contributed by atoms with Gasteiger partial charge in [0, 0.05) is 19.7 Å². The molecule has 0 bridgehead atoms. The lowest BCUT2D eigenvalue weighted by atomic mass is 10.0. The highest BCUT2D eigenvalue weighted by molar-refractivity contribution is 9.12. The first-order valence-corrected chi connectivity index (χ1v) is 7.88. The van der Waals surface area contributed by atoms with Crippen LogP contribution in [0.3, 0.4) is 0 Å². The average Bonchev–Trinajstić information content (AvgIpc) is 3.00. The van der Waals surface area contributed by atoms with Crippen LogP contribution in [0.15, 0.2) is 29.0 Å². The molecule has 2 aromatic rings. The van der Waals surface area contributed by atoms with Crippen LogP contribution >= 0.6 is 15.9 Å². The van der Waals surface area contributed by atoms with E-state index in [0.717, 1.165) is 11.0 Å². The Kier molecular flexibility index (Phi) is 5.68. The summed E-state index contributed by atoms with van der Waals surface area (Å²) in [5, 5.41) is 3.80. The van der Waals surface area contributed by atoms with Crippen molar-refractivity contribution in [3.05, 3.63) is 40.1 Å². The van der Waals surface area contributed by atoms with Gasteiger partial charge >= 0.3 is 12.4 Å². The molecule has 27 heavy (non-hydrogen) atoms. The number of carbonyl (C=O) groups is 1. The first kappa shape index (κ1) is 20.9. The van der Waals surface area contributed by atoms with Gasteiger partial charge in [-0.05, 0) is 34.1 Å². The van der Waals surface area contributed by atoms with Crippen molar-refractivity contribution in [3.63, 3.8) is 0 Å². The Morgan fingerprint density at radius 1 is 1.07 bits per heavy atom. The summed E-state index contributed by atoms with van der Waals surface area (Å²) >= 11 is 3.01. The Hall–Kier alpha value is -2.37. The van der Waals surface area contributed by atoms with Gasteiger partial charge in [0.1, 0.15) is 10.8 Å². The van der Waals surface area contributed by atoms with Crippen molar-refractivity contribution in [2.45, 2.75) is 12.4 Å². The summed E-state index contributed by atoms with van der Waals surface area (Å²) < 4.78 is 78.6. The molecule has 0 radical (unpaired) electrons.